The van der Waals surface area contributed by atoms with Crippen molar-refractivity contribution in [2.24, 2.45) is 5.92 Å². The van der Waals surface area contributed by atoms with Gasteiger partial charge in [-0.3, -0.25) is 9.69 Å². The van der Waals surface area contributed by atoms with Crippen LogP contribution in [0.4, 0.5) is 4.79 Å². The fourth-order valence-corrected chi connectivity index (χ4v) is 4.06. The Labute approximate surface area is 195 Å². The summed E-state index contributed by atoms with van der Waals surface area (Å²) in [5, 5.41) is 0. The molecule has 0 radical (unpaired) electrons. The fourth-order valence-electron chi connectivity index (χ4n) is 4.06. The van der Waals surface area contributed by atoms with Gasteiger partial charge in [0.2, 0.25) is 0 Å². The monoisotopic (exact) mass is 458 g/mol. The highest BCUT2D eigenvalue weighted by atomic mass is 16.6. The highest BCUT2D eigenvalue weighted by Gasteiger charge is 2.38. The van der Waals surface area contributed by atoms with E-state index in [2.05, 4.69) is 16.9 Å². The molecule has 3 rings (SSSR count). The SMILES string of the molecule is COC(=O)COC1C=C(C(=O)N2CCC(Cc3ccccc3)CC2)N(C(=O)OC(C)(C)C)C1. The molecule has 1 fully saturated rings. The number of hydrogen-bond donors (Lipinski definition) is 0. The molecule has 0 spiro atoms. The maximum Gasteiger partial charge on any atom is 0.415 e. The first kappa shape index (κ1) is 24.8. The molecule has 33 heavy (non-hydrogen) atoms. The standard InChI is InChI=1S/C25H34N2O6/c1-25(2,3)33-24(30)27-16-20(32-17-22(28)31-4)15-21(27)23(29)26-12-10-19(11-13-26)14-18-8-6-5-7-9-18/h5-9,15,19-20H,10-14,16-17H2,1-4H3. The first-order chi connectivity index (χ1) is 15.7. The molecule has 180 valence electrons. The van der Waals surface area contributed by atoms with Crippen LogP contribution in [0.5, 0.6) is 0 Å². The summed E-state index contributed by atoms with van der Waals surface area (Å²) in [5.74, 6) is -0.220. The van der Waals surface area contributed by atoms with E-state index in [0.29, 0.717) is 19.0 Å². The minimum Gasteiger partial charge on any atom is -0.467 e. The van der Waals surface area contributed by atoms with Gasteiger partial charge in [0.1, 0.15) is 17.9 Å². The number of esters is 1. The molecular weight excluding hydrogens is 424 g/mol. The smallest absolute Gasteiger partial charge is 0.415 e. The Hall–Kier alpha value is -2.87. The van der Waals surface area contributed by atoms with Gasteiger partial charge in [-0.15, -0.1) is 0 Å². The number of piperidine rings is 1. The minimum atomic E-state index is -0.702. The lowest BCUT2D eigenvalue weighted by atomic mass is 9.90. The molecule has 0 saturated carbocycles. The maximum atomic E-state index is 13.3. The van der Waals surface area contributed by atoms with E-state index in [4.69, 9.17) is 9.47 Å². The lowest BCUT2D eigenvalue weighted by Crippen LogP contribution is -2.44. The highest BCUT2D eigenvalue weighted by molar-refractivity contribution is 5.97. The van der Waals surface area contributed by atoms with Crippen LogP contribution in [0.25, 0.3) is 0 Å². The van der Waals surface area contributed by atoms with Gasteiger partial charge in [-0.05, 0) is 57.6 Å². The third-order valence-electron chi connectivity index (χ3n) is 5.74. The van der Waals surface area contributed by atoms with Gasteiger partial charge >= 0.3 is 12.1 Å². The van der Waals surface area contributed by atoms with Crippen molar-refractivity contribution >= 4 is 18.0 Å². The van der Waals surface area contributed by atoms with Crippen LogP contribution in [-0.2, 0) is 30.2 Å². The van der Waals surface area contributed by atoms with Crippen LogP contribution in [0.1, 0.15) is 39.2 Å². The van der Waals surface area contributed by atoms with E-state index in [1.54, 1.807) is 31.7 Å². The Kier molecular flexibility index (Phi) is 8.13. The molecule has 8 heteroatoms. The normalized spacial score (nSPS) is 19.3. The lowest BCUT2D eigenvalue weighted by molar-refractivity contribution is -0.147. The van der Waals surface area contributed by atoms with Gasteiger partial charge in [0.05, 0.1) is 19.8 Å². The van der Waals surface area contributed by atoms with Crippen molar-refractivity contribution in [3.63, 3.8) is 0 Å². The van der Waals surface area contributed by atoms with Crippen LogP contribution in [0.15, 0.2) is 42.1 Å². The van der Waals surface area contributed by atoms with Crippen molar-refractivity contribution in [1.29, 1.82) is 0 Å². The van der Waals surface area contributed by atoms with E-state index < -0.39 is 23.8 Å². The number of amides is 2. The molecule has 2 amide bonds. The molecule has 1 aromatic carbocycles. The second kappa shape index (κ2) is 10.8. The van der Waals surface area contributed by atoms with Crippen molar-refractivity contribution in [3.8, 4) is 0 Å². The van der Waals surface area contributed by atoms with E-state index in [0.717, 1.165) is 19.3 Å². The number of methoxy groups -OCH3 is 1. The minimum absolute atomic E-state index is 0.109. The summed E-state index contributed by atoms with van der Waals surface area (Å²) in [6.07, 6.45) is 3.21. The summed E-state index contributed by atoms with van der Waals surface area (Å²) < 4.78 is 15.6. The van der Waals surface area contributed by atoms with Crippen LogP contribution < -0.4 is 0 Å². The molecule has 0 bridgehead atoms. The average Bonchev–Trinajstić information content (AvgIpc) is 3.21. The van der Waals surface area contributed by atoms with Gasteiger partial charge in [-0.2, -0.15) is 0 Å². The molecule has 0 aliphatic carbocycles. The summed E-state index contributed by atoms with van der Waals surface area (Å²) in [5.41, 5.74) is 0.842. The quantitative estimate of drug-likeness (QED) is 0.609. The summed E-state index contributed by atoms with van der Waals surface area (Å²) in [6, 6.07) is 10.4. The topological polar surface area (TPSA) is 85.4 Å². The molecule has 2 aliphatic rings. The highest BCUT2D eigenvalue weighted by Crippen LogP contribution is 2.27. The number of nitrogens with zero attached hydrogens (tertiary/aromatic N) is 2. The van der Waals surface area contributed by atoms with Crippen LogP contribution in [0.3, 0.4) is 0 Å². The van der Waals surface area contributed by atoms with Gasteiger partial charge in [-0.25, -0.2) is 9.59 Å². The van der Waals surface area contributed by atoms with Crippen LogP contribution in [-0.4, -0.2) is 72.8 Å². The zero-order valence-electron chi connectivity index (χ0n) is 19.9. The molecule has 0 N–H and O–H groups in total. The van der Waals surface area contributed by atoms with Gasteiger partial charge in [-0.1, -0.05) is 30.3 Å². The number of rotatable bonds is 6. The van der Waals surface area contributed by atoms with Crippen molar-refractivity contribution in [1.82, 2.24) is 9.80 Å². The first-order valence-electron chi connectivity index (χ1n) is 11.4. The number of carbonyl (C=O) groups excluding carboxylic acids is 3. The van der Waals surface area contributed by atoms with Crippen LogP contribution in [0, 0.1) is 5.92 Å². The summed E-state index contributed by atoms with van der Waals surface area (Å²) in [6.45, 7) is 6.43. The van der Waals surface area contributed by atoms with E-state index in [-0.39, 0.29) is 24.8 Å². The van der Waals surface area contributed by atoms with Crippen LogP contribution >= 0.6 is 0 Å². The Morgan fingerprint density at radius 1 is 1.06 bits per heavy atom. The molecular formula is C25H34N2O6. The van der Waals surface area contributed by atoms with Gasteiger partial charge in [0, 0.05) is 13.1 Å². The first-order valence-corrected chi connectivity index (χ1v) is 11.4. The Bertz CT molecular complexity index is 869. The average molecular weight is 459 g/mol. The second-order valence-corrected chi connectivity index (χ2v) is 9.49. The Morgan fingerprint density at radius 2 is 1.73 bits per heavy atom. The van der Waals surface area contributed by atoms with Crippen LogP contribution in [0.2, 0.25) is 0 Å². The third-order valence-corrected chi connectivity index (χ3v) is 5.74. The largest absolute Gasteiger partial charge is 0.467 e. The zero-order valence-corrected chi connectivity index (χ0v) is 19.9. The van der Waals surface area contributed by atoms with Gasteiger partial charge in [0.15, 0.2) is 0 Å². The summed E-state index contributed by atoms with van der Waals surface area (Å²) >= 11 is 0. The van der Waals surface area contributed by atoms with Gasteiger partial charge in [0.25, 0.3) is 5.91 Å². The zero-order chi connectivity index (χ0) is 24.0. The molecule has 1 saturated heterocycles. The van der Waals surface area contributed by atoms with Crippen molar-refractivity contribution < 1.29 is 28.6 Å². The predicted octanol–water partition coefficient (Wildman–Crippen LogP) is 3.16. The maximum absolute atomic E-state index is 13.3. The predicted molar refractivity (Wildman–Crippen MR) is 122 cm³/mol. The number of likely N-dealkylation sites (tertiary alicyclic amines) is 1. The Balaban J connectivity index is 1.65. The number of benzene rings is 1. The molecule has 1 atom stereocenters. The van der Waals surface area contributed by atoms with Crippen molar-refractivity contribution in [2.45, 2.75) is 51.7 Å². The molecule has 0 aromatic heterocycles. The molecule has 2 aliphatic heterocycles. The van der Waals surface area contributed by atoms with Gasteiger partial charge < -0.3 is 19.1 Å². The number of ether oxygens (including phenoxy) is 3. The van der Waals surface area contributed by atoms with E-state index in [1.165, 1.54) is 17.6 Å². The molecule has 8 nitrogen and oxygen atoms in total. The van der Waals surface area contributed by atoms with Crippen molar-refractivity contribution in [3.05, 3.63) is 47.7 Å². The third kappa shape index (κ3) is 7.05. The molecule has 1 unspecified atom stereocenters. The number of carbonyl (C=O) groups is 3. The number of hydrogen-bond acceptors (Lipinski definition) is 6. The van der Waals surface area contributed by atoms with Crippen molar-refractivity contribution in [2.75, 3.05) is 33.4 Å². The molecule has 1 aromatic rings. The lowest BCUT2D eigenvalue weighted by Gasteiger charge is -2.34. The van der Waals surface area contributed by atoms with E-state index in [9.17, 15) is 14.4 Å². The molecule has 2 heterocycles. The fraction of sp³-hybridized carbons (Fsp3) is 0.560. The second-order valence-electron chi connectivity index (χ2n) is 9.49. The van der Waals surface area contributed by atoms with E-state index in [1.807, 2.05) is 18.2 Å². The Morgan fingerprint density at radius 3 is 2.33 bits per heavy atom. The summed E-state index contributed by atoms with van der Waals surface area (Å²) in [4.78, 5) is 40.7. The summed E-state index contributed by atoms with van der Waals surface area (Å²) in [7, 11) is 1.28. The van der Waals surface area contributed by atoms with E-state index >= 15 is 0 Å².